The SMILES string of the molecule is CCCN1C(=S)NC(c2ccccn2)C1c1cc(C)n(-c2cccc(OC)c2)c1C. The van der Waals surface area contributed by atoms with E-state index in [1.165, 1.54) is 17.0 Å². The normalized spacial score (nSPS) is 18.5. The molecule has 1 aliphatic rings. The molecule has 0 bridgehead atoms. The molecule has 30 heavy (non-hydrogen) atoms. The maximum atomic E-state index is 5.73. The standard InChI is InChI=1S/C24H28N4OS/c1-5-13-27-23(22(26-24(27)30)21-11-6-7-12-25-21)20-14-16(2)28(17(20)3)18-9-8-10-19(15-18)29-4/h6-12,14-15,22-23H,5,13H2,1-4H3,(H,26,30). The Morgan fingerprint density at radius 3 is 2.67 bits per heavy atom. The summed E-state index contributed by atoms with van der Waals surface area (Å²) in [6.45, 7) is 7.43. The number of nitrogens with one attached hydrogen (secondary N) is 1. The van der Waals surface area contributed by atoms with Crippen LogP contribution in [0.4, 0.5) is 0 Å². The molecule has 0 radical (unpaired) electrons. The predicted molar refractivity (Wildman–Crippen MR) is 124 cm³/mol. The molecule has 1 fully saturated rings. The number of aryl methyl sites for hydroxylation is 1. The molecule has 2 aromatic heterocycles. The molecule has 0 aliphatic carbocycles. The molecule has 1 aromatic carbocycles. The molecule has 6 heteroatoms. The van der Waals surface area contributed by atoms with Crippen LogP contribution in [0.5, 0.6) is 5.75 Å². The zero-order valence-corrected chi connectivity index (χ0v) is 18.7. The Labute approximate surface area is 183 Å². The first-order valence-electron chi connectivity index (χ1n) is 10.4. The van der Waals surface area contributed by atoms with Crippen LogP contribution in [0.25, 0.3) is 5.69 Å². The molecular weight excluding hydrogens is 392 g/mol. The molecule has 2 unspecified atom stereocenters. The van der Waals surface area contributed by atoms with Crippen LogP contribution < -0.4 is 10.1 Å². The fourth-order valence-corrected chi connectivity index (χ4v) is 4.79. The number of methoxy groups -OCH3 is 1. The molecule has 156 valence electrons. The topological polar surface area (TPSA) is 42.3 Å². The van der Waals surface area contributed by atoms with Crippen molar-refractivity contribution in [1.82, 2.24) is 19.8 Å². The van der Waals surface area contributed by atoms with E-state index in [2.05, 4.69) is 64.8 Å². The molecular formula is C24H28N4OS. The van der Waals surface area contributed by atoms with Crippen molar-refractivity contribution >= 4 is 17.3 Å². The Kier molecular flexibility index (Phi) is 5.77. The van der Waals surface area contributed by atoms with Crippen molar-refractivity contribution in [3.8, 4) is 11.4 Å². The van der Waals surface area contributed by atoms with E-state index in [0.29, 0.717) is 0 Å². The molecule has 1 aliphatic heterocycles. The van der Waals surface area contributed by atoms with Crippen LogP contribution in [0.3, 0.4) is 0 Å². The first-order chi connectivity index (χ1) is 14.5. The van der Waals surface area contributed by atoms with Crippen molar-refractivity contribution in [3.05, 3.63) is 77.4 Å². The molecule has 3 heterocycles. The van der Waals surface area contributed by atoms with Crippen molar-refractivity contribution in [2.45, 2.75) is 39.3 Å². The summed E-state index contributed by atoms with van der Waals surface area (Å²) < 4.78 is 7.73. The van der Waals surface area contributed by atoms with Gasteiger partial charge < -0.3 is 19.5 Å². The number of thiocarbonyl (C=S) groups is 1. The Bertz CT molecular complexity index is 1050. The number of hydrogen-bond donors (Lipinski definition) is 1. The van der Waals surface area contributed by atoms with Crippen molar-refractivity contribution in [2.24, 2.45) is 0 Å². The number of aromatic nitrogens is 2. The van der Waals surface area contributed by atoms with Gasteiger partial charge in [0.05, 0.1) is 24.9 Å². The van der Waals surface area contributed by atoms with Crippen LogP contribution in [0, 0.1) is 13.8 Å². The number of nitrogens with zero attached hydrogens (tertiary/aromatic N) is 3. The highest BCUT2D eigenvalue weighted by Gasteiger charge is 2.40. The molecule has 0 saturated carbocycles. The van der Waals surface area contributed by atoms with Crippen molar-refractivity contribution < 1.29 is 4.74 Å². The van der Waals surface area contributed by atoms with Crippen LogP contribution in [0.1, 0.15) is 48.1 Å². The summed E-state index contributed by atoms with van der Waals surface area (Å²) in [7, 11) is 1.70. The van der Waals surface area contributed by atoms with Crippen LogP contribution >= 0.6 is 12.2 Å². The Hall–Kier alpha value is -2.86. The van der Waals surface area contributed by atoms with Gasteiger partial charge in [0.25, 0.3) is 0 Å². The number of hydrogen-bond acceptors (Lipinski definition) is 3. The smallest absolute Gasteiger partial charge is 0.170 e. The summed E-state index contributed by atoms with van der Waals surface area (Å²) in [5.74, 6) is 0.851. The van der Waals surface area contributed by atoms with E-state index in [-0.39, 0.29) is 12.1 Å². The fourth-order valence-electron chi connectivity index (χ4n) is 4.46. The van der Waals surface area contributed by atoms with Gasteiger partial charge >= 0.3 is 0 Å². The van der Waals surface area contributed by atoms with E-state index in [4.69, 9.17) is 17.0 Å². The van der Waals surface area contributed by atoms with Gasteiger partial charge in [0.2, 0.25) is 0 Å². The minimum atomic E-state index is 0.0181. The lowest BCUT2D eigenvalue weighted by Crippen LogP contribution is -2.30. The minimum absolute atomic E-state index is 0.0181. The van der Waals surface area contributed by atoms with Gasteiger partial charge in [-0.05, 0) is 68.4 Å². The average molecular weight is 421 g/mol. The second kappa shape index (κ2) is 8.48. The summed E-state index contributed by atoms with van der Waals surface area (Å²) in [4.78, 5) is 6.94. The fraction of sp³-hybridized carbons (Fsp3) is 0.333. The van der Waals surface area contributed by atoms with Crippen LogP contribution in [0.2, 0.25) is 0 Å². The van der Waals surface area contributed by atoms with E-state index in [9.17, 15) is 0 Å². The highest BCUT2D eigenvalue weighted by Crippen LogP contribution is 2.41. The Morgan fingerprint density at radius 1 is 1.13 bits per heavy atom. The van der Waals surface area contributed by atoms with Crippen LogP contribution in [0.15, 0.2) is 54.7 Å². The van der Waals surface area contributed by atoms with Crippen molar-refractivity contribution in [1.29, 1.82) is 0 Å². The number of rotatable bonds is 6. The molecule has 5 nitrogen and oxygen atoms in total. The summed E-state index contributed by atoms with van der Waals surface area (Å²) in [6, 6.07) is 16.6. The van der Waals surface area contributed by atoms with E-state index in [1.54, 1.807) is 7.11 Å². The quantitative estimate of drug-likeness (QED) is 0.576. The van der Waals surface area contributed by atoms with Gasteiger partial charge in [-0.2, -0.15) is 0 Å². The van der Waals surface area contributed by atoms with E-state index in [0.717, 1.165) is 35.2 Å². The third kappa shape index (κ3) is 3.56. The number of pyridine rings is 1. The lowest BCUT2D eigenvalue weighted by atomic mass is 9.96. The molecule has 1 N–H and O–H groups in total. The lowest BCUT2D eigenvalue weighted by molar-refractivity contribution is 0.316. The van der Waals surface area contributed by atoms with Crippen molar-refractivity contribution in [2.75, 3.05) is 13.7 Å². The maximum absolute atomic E-state index is 5.73. The van der Waals surface area contributed by atoms with E-state index < -0.39 is 0 Å². The molecule has 3 aromatic rings. The predicted octanol–water partition coefficient (Wildman–Crippen LogP) is 4.88. The average Bonchev–Trinajstić information content (AvgIpc) is 3.24. The minimum Gasteiger partial charge on any atom is -0.497 e. The summed E-state index contributed by atoms with van der Waals surface area (Å²) >= 11 is 5.73. The lowest BCUT2D eigenvalue weighted by Gasteiger charge is -2.27. The molecule has 0 amide bonds. The van der Waals surface area contributed by atoms with Gasteiger partial charge in [-0.25, -0.2) is 0 Å². The molecule has 4 rings (SSSR count). The third-order valence-corrected chi connectivity index (χ3v) is 6.12. The summed E-state index contributed by atoms with van der Waals surface area (Å²) in [5, 5.41) is 4.33. The molecule has 2 atom stereocenters. The summed E-state index contributed by atoms with van der Waals surface area (Å²) in [6.07, 6.45) is 2.88. The van der Waals surface area contributed by atoms with Gasteiger partial charge in [-0.3, -0.25) is 4.98 Å². The zero-order chi connectivity index (χ0) is 21.3. The maximum Gasteiger partial charge on any atom is 0.170 e. The molecule has 0 spiro atoms. The largest absolute Gasteiger partial charge is 0.497 e. The summed E-state index contributed by atoms with van der Waals surface area (Å²) in [5.41, 5.74) is 5.77. The Morgan fingerprint density at radius 2 is 1.97 bits per heavy atom. The number of ether oxygens (including phenoxy) is 1. The first-order valence-corrected chi connectivity index (χ1v) is 10.8. The van der Waals surface area contributed by atoms with Gasteiger partial charge in [-0.15, -0.1) is 0 Å². The first kappa shape index (κ1) is 20.4. The second-order valence-corrected chi connectivity index (χ2v) is 8.07. The van der Waals surface area contributed by atoms with Crippen molar-refractivity contribution in [3.63, 3.8) is 0 Å². The third-order valence-electron chi connectivity index (χ3n) is 5.76. The monoisotopic (exact) mass is 420 g/mol. The van der Waals surface area contributed by atoms with Gasteiger partial charge in [0, 0.05) is 35.9 Å². The van der Waals surface area contributed by atoms with Gasteiger partial charge in [0.1, 0.15) is 5.75 Å². The highest BCUT2D eigenvalue weighted by molar-refractivity contribution is 7.80. The van der Waals surface area contributed by atoms with Crippen LogP contribution in [-0.2, 0) is 0 Å². The number of benzene rings is 1. The van der Waals surface area contributed by atoms with Crippen LogP contribution in [-0.4, -0.2) is 33.2 Å². The highest BCUT2D eigenvalue weighted by atomic mass is 32.1. The van der Waals surface area contributed by atoms with Gasteiger partial charge in [-0.1, -0.05) is 19.1 Å². The molecule has 1 saturated heterocycles. The Balaban J connectivity index is 1.83. The van der Waals surface area contributed by atoms with E-state index >= 15 is 0 Å². The second-order valence-electron chi connectivity index (χ2n) is 7.68. The van der Waals surface area contributed by atoms with Gasteiger partial charge in [0.15, 0.2) is 5.11 Å². The van der Waals surface area contributed by atoms with E-state index in [1.807, 2.05) is 30.5 Å². The zero-order valence-electron chi connectivity index (χ0n) is 17.9.